The Bertz CT molecular complexity index is 219. The van der Waals surface area contributed by atoms with E-state index >= 15 is 0 Å². The molecular weight excluding hydrogens is 170 g/mol. The molecule has 0 aromatic carbocycles. The van der Waals surface area contributed by atoms with Crippen LogP contribution >= 0.6 is 0 Å². The molecule has 0 spiro atoms. The van der Waals surface area contributed by atoms with Gasteiger partial charge in [-0.1, -0.05) is 13.5 Å². The lowest BCUT2D eigenvalue weighted by molar-refractivity contribution is -0.219. The lowest BCUT2D eigenvalue weighted by Gasteiger charge is -2.26. The Morgan fingerprint density at radius 2 is 2.46 bits per heavy atom. The SMILES string of the molecule is C=C(C)C(=O)OC1(CC)NCCO1. The summed E-state index contributed by atoms with van der Waals surface area (Å²) in [6.07, 6.45) is 0.589. The van der Waals surface area contributed by atoms with E-state index in [0.717, 1.165) is 0 Å². The third-order valence-electron chi connectivity index (χ3n) is 1.90. The molecule has 1 atom stereocenters. The lowest BCUT2D eigenvalue weighted by atomic mass is 10.3. The van der Waals surface area contributed by atoms with E-state index in [1.165, 1.54) is 0 Å². The molecule has 0 aliphatic carbocycles. The van der Waals surface area contributed by atoms with Crippen molar-refractivity contribution in [3.63, 3.8) is 0 Å². The minimum Gasteiger partial charge on any atom is -0.415 e. The molecule has 0 aromatic heterocycles. The smallest absolute Gasteiger partial charge is 0.336 e. The van der Waals surface area contributed by atoms with Crippen molar-refractivity contribution >= 4 is 5.97 Å². The summed E-state index contributed by atoms with van der Waals surface area (Å²) in [7, 11) is 0. The van der Waals surface area contributed by atoms with Gasteiger partial charge in [0.1, 0.15) is 0 Å². The number of carbonyl (C=O) groups is 1. The monoisotopic (exact) mass is 185 g/mol. The van der Waals surface area contributed by atoms with Crippen LogP contribution in [-0.2, 0) is 14.3 Å². The lowest BCUT2D eigenvalue weighted by Crippen LogP contribution is -2.45. The molecule has 0 saturated carbocycles. The summed E-state index contributed by atoms with van der Waals surface area (Å²) in [4.78, 5) is 11.2. The number of rotatable bonds is 3. The van der Waals surface area contributed by atoms with Gasteiger partial charge in [-0.3, -0.25) is 5.32 Å². The van der Waals surface area contributed by atoms with Gasteiger partial charge in [-0.15, -0.1) is 0 Å². The topological polar surface area (TPSA) is 47.6 Å². The zero-order valence-electron chi connectivity index (χ0n) is 8.05. The summed E-state index contributed by atoms with van der Waals surface area (Å²) in [5.41, 5.74) is 0.380. The van der Waals surface area contributed by atoms with Crippen LogP contribution in [0.15, 0.2) is 12.2 Å². The van der Waals surface area contributed by atoms with E-state index < -0.39 is 11.9 Å². The Balaban J connectivity index is 2.58. The summed E-state index contributed by atoms with van der Waals surface area (Å²) in [6.45, 7) is 8.28. The molecule has 1 aliphatic heterocycles. The molecule has 1 fully saturated rings. The van der Waals surface area contributed by atoms with Crippen LogP contribution in [0.1, 0.15) is 20.3 Å². The van der Waals surface area contributed by atoms with Crippen LogP contribution in [0.3, 0.4) is 0 Å². The molecule has 1 heterocycles. The molecule has 0 radical (unpaired) electrons. The molecule has 0 amide bonds. The molecule has 4 nitrogen and oxygen atoms in total. The quantitative estimate of drug-likeness (QED) is 0.521. The standard InChI is InChI=1S/C9H15NO3/c1-4-9(10-5-6-12-9)13-8(11)7(2)3/h10H,2,4-6H2,1,3H3. The molecule has 1 N–H and O–H groups in total. The molecule has 4 heteroatoms. The van der Waals surface area contributed by atoms with Gasteiger partial charge >= 0.3 is 5.97 Å². The molecule has 1 unspecified atom stereocenters. The zero-order chi connectivity index (χ0) is 9.90. The molecule has 1 aliphatic rings. The first kappa shape index (κ1) is 10.2. The van der Waals surface area contributed by atoms with E-state index in [9.17, 15) is 4.79 Å². The Morgan fingerprint density at radius 1 is 1.77 bits per heavy atom. The van der Waals surface area contributed by atoms with Crippen molar-refractivity contribution in [1.82, 2.24) is 5.32 Å². The van der Waals surface area contributed by atoms with Crippen molar-refractivity contribution in [2.75, 3.05) is 13.2 Å². The summed E-state index contributed by atoms with van der Waals surface area (Å²) >= 11 is 0. The fourth-order valence-electron chi connectivity index (χ4n) is 1.11. The van der Waals surface area contributed by atoms with E-state index in [2.05, 4.69) is 11.9 Å². The van der Waals surface area contributed by atoms with Crippen LogP contribution in [0.2, 0.25) is 0 Å². The second kappa shape index (κ2) is 3.89. The molecule has 1 saturated heterocycles. The zero-order valence-corrected chi connectivity index (χ0v) is 8.05. The van der Waals surface area contributed by atoms with Crippen molar-refractivity contribution in [3.05, 3.63) is 12.2 Å². The normalized spacial score (nSPS) is 27.2. The highest BCUT2D eigenvalue weighted by Gasteiger charge is 2.37. The highest BCUT2D eigenvalue weighted by molar-refractivity contribution is 5.87. The van der Waals surface area contributed by atoms with Gasteiger partial charge in [0.25, 0.3) is 5.91 Å². The fraction of sp³-hybridized carbons (Fsp3) is 0.667. The van der Waals surface area contributed by atoms with Crippen LogP contribution in [-0.4, -0.2) is 25.0 Å². The van der Waals surface area contributed by atoms with Gasteiger partial charge in [0.2, 0.25) is 0 Å². The second-order valence-electron chi connectivity index (χ2n) is 3.05. The van der Waals surface area contributed by atoms with Gasteiger partial charge in [-0.2, -0.15) is 0 Å². The van der Waals surface area contributed by atoms with Gasteiger partial charge in [0.15, 0.2) is 0 Å². The Hall–Kier alpha value is -0.870. The number of hydrogen-bond acceptors (Lipinski definition) is 4. The fourth-order valence-corrected chi connectivity index (χ4v) is 1.11. The van der Waals surface area contributed by atoms with Crippen molar-refractivity contribution in [2.24, 2.45) is 0 Å². The Morgan fingerprint density at radius 3 is 2.85 bits per heavy atom. The van der Waals surface area contributed by atoms with E-state index in [4.69, 9.17) is 9.47 Å². The third kappa shape index (κ3) is 2.29. The third-order valence-corrected chi connectivity index (χ3v) is 1.90. The largest absolute Gasteiger partial charge is 0.415 e. The minimum absolute atomic E-state index is 0.380. The molecule has 0 bridgehead atoms. The van der Waals surface area contributed by atoms with Crippen LogP contribution in [0.25, 0.3) is 0 Å². The van der Waals surface area contributed by atoms with Crippen molar-refractivity contribution in [1.29, 1.82) is 0 Å². The van der Waals surface area contributed by atoms with Crippen molar-refractivity contribution in [3.8, 4) is 0 Å². The van der Waals surface area contributed by atoms with Crippen LogP contribution in [0.4, 0.5) is 0 Å². The number of ether oxygens (including phenoxy) is 2. The maximum absolute atomic E-state index is 11.2. The van der Waals surface area contributed by atoms with E-state index in [0.29, 0.717) is 25.1 Å². The average molecular weight is 185 g/mol. The second-order valence-corrected chi connectivity index (χ2v) is 3.05. The van der Waals surface area contributed by atoms with Crippen molar-refractivity contribution < 1.29 is 14.3 Å². The van der Waals surface area contributed by atoms with Gasteiger partial charge in [0, 0.05) is 18.5 Å². The average Bonchev–Trinajstić information content (AvgIpc) is 2.54. The molecule has 74 valence electrons. The number of nitrogens with one attached hydrogen (secondary N) is 1. The van der Waals surface area contributed by atoms with E-state index in [1.807, 2.05) is 6.92 Å². The molecule has 0 aromatic rings. The first-order valence-corrected chi connectivity index (χ1v) is 4.37. The number of hydrogen-bond donors (Lipinski definition) is 1. The van der Waals surface area contributed by atoms with Gasteiger partial charge < -0.3 is 9.47 Å². The predicted octanol–water partition coefficient (Wildman–Crippen LogP) is 0.789. The van der Waals surface area contributed by atoms with Crippen molar-refractivity contribution in [2.45, 2.75) is 26.2 Å². The number of carbonyl (C=O) groups excluding carboxylic acids is 1. The van der Waals surface area contributed by atoms with Crippen LogP contribution in [0.5, 0.6) is 0 Å². The summed E-state index contributed by atoms with van der Waals surface area (Å²) in [5, 5.41) is 3.00. The Labute approximate surface area is 77.9 Å². The summed E-state index contributed by atoms with van der Waals surface area (Å²) < 4.78 is 10.5. The first-order valence-electron chi connectivity index (χ1n) is 4.37. The molecule has 13 heavy (non-hydrogen) atoms. The summed E-state index contributed by atoms with van der Waals surface area (Å²) in [6, 6.07) is 0. The van der Waals surface area contributed by atoms with E-state index in [1.54, 1.807) is 6.92 Å². The molecule has 1 rings (SSSR count). The minimum atomic E-state index is -0.921. The van der Waals surface area contributed by atoms with Crippen LogP contribution in [0, 0.1) is 0 Å². The first-order chi connectivity index (χ1) is 6.09. The highest BCUT2D eigenvalue weighted by Crippen LogP contribution is 2.19. The maximum Gasteiger partial charge on any atom is 0.336 e. The predicted molar refractivity (Wildman–Crippen MR) is 47.9 cm³/mol. The van der Waals surface area contributed by atoms with Gasteiger partial charge in [0.05, 0.1) is 6.61 Å². The number of esters is 1. The van der Waals surface area contributed by atoms with Gasteiger partial charge in [-0.05, 0) is 6.92 Å². The summed E-state index contributed by atoms with van der Waals surface area (Å²) in [5.74, 6) is -1.34. The molecular formula is C9H15NO3. The van der Waals surface area contributed by atoms with Gasteiger partial charge in [-0.25, -0.2) is 4.79 Å². The van der Waals surface area contributed by atoms with Crippen LogP contribution < -0.4 is 5.32 Å². The maximum atomic E-state index is 11.2. The Kier molecular flexibility index (Phi) is 3.06. The van der Waals surface area contributed by atoms with E-state index in [-0.39, 0.29) is 0 Å². The highest BCUT2D eigenvalue weighted by atomic mass is 16.7.